The highest BCUT2D eigenvalue weighted by atomic mass is 32.1. The Labute approximate surface area is 96.7 Å². The molecule has 2 rings (SSSR count). The number of thiophene rings is 1. The Bertz CT molecular complexity index is 297. The average Bonchev–Trinajstić information content (AvgIpc) is 2.53. The molecule has 1 aromatic rings. The maximum Gasteiger partial charge on any atom is 0.0421 e. The Morgan fingerprint density at radius 2 is 1.93 bits per heavy atom. The molecular formula is C13H21NS. The van der Waals surface area contributed by atoms with Gasteiger partial charge in [-0.3, -0.25) is 0 Å². The van der Waals surface area contributed by atoms with Gasteiger partial charge in [0.2, 0.25) is 0 Å². The molecule has 15 heavy (non-hydrogen) atoms. The summed E-state index contributed by atoms with van der Waals surface area (Å²) in [5.74, 6) is 0.727. The van der Waals surface area contributed by atoms with Gasteiger partial charge in [-0.1, -0.05) is 25.7 Å². The summed E-state index contributed by atoms with van der Waals surface area (Å²) in [6.07, 6.45) is 8.24. The summed E-state index contributed by atoms with van der Waals surface area (Å²) in [5.41, 5.74) is 7.78. The molecule has 84 valence electrons. The normalized spacial score (nSPS) is 21.2. The van der Waals surface area contributed by atoms with E-state index in [9.17, 15) is 0 Å². The van der Waals surface area contributed by atoms with Crippen molar-refractivity contribution in [2.45, 2.75) is 51.5 Å². The van der Waals surface area contributed by atoms with E-state index in [-0.39, 0.29) is 0 Å². The molecule has 1 heterocycles. The van der Waals surface area contributed by atoms with Crippen molar-refractivity contribution in [3.05, 3.63) is 21.9 Å². The lowest BCUT2D eigenvalue weighted by atomic mass is 9.90. The summed E-state index contributed by atoms with van der Waals surface area (Å²) in [4.78, 5) is 1.42. The van der Waals surface area contributed by atoms with Crippen molar-refractivity contribution in [1.29, 1.82) is 0 Å². The molecule has 0 spiro atoms. The van der Waals surface area contributed by atoms with Crippen molar-refractivity contribution in [2.24, 2.45) is 11.7 Å². The second kappa shape index (κ2) is 5.13. The number of hydrogen-bond donors (Lipinski definition) is 1. The zero-order chi connectivity index (χ0) is 10.7. The summed E-state index contributed by atoms with van der Waals surface area (Å²) in [7, 11) is 0. The quantitative estimate of drug-likeness (QED) is 0.753. The Balaban J connectivity index is 2.06. The smallest absolute Gasteiger partial charge is 0.0421 e. The molecule has 1 nitrogen and oxygen atoms in total. The maximum absolute atomic E-state index is 6.39. The van der Waals surface area contributed by atoms with Crippen molar-refractivity contribution >= 4 is 11.3 Å². The van der Waals surface area contributed by atoms with Crippen molar-refractivity contribution in [1.82, 2.24) is 0 Å². The maximum atomic E-state index is 6.39. The molecule has 1 saturated carbocycles. The van der Waals surface area contributed by atoms with Gasteiger partial charge in [0.05, 0.1) is 0 Å². The summed E-state index contributed by atoms with van der Waals surface area (Å²) < 4.78 is 0. The van der Waals surface area contributed by atoms with Gasteiger partial charge < -0.3 is 5.73 Å². The fraction of sp³-hybridized carbons (Fsp3) is 0.692. The molecule has 1 fully saturated rings. The Morgan fingerprint density at radius 3 is 2.47 bits per heavy atom. The van der Waals surface area contributed by atoms with Gasteiger partial charge in [0.25, 0.3) is 0 Å². The molecular weight excluding hydrogens is 202 g/mol. The van der Waals surface area contributed by atoms with Gasteiger partial charge in [-0.05, 0) is 42.7 Å². The highest BCUT2D eigenvalue weighted by Crippen LogP contribution is 2.35. The third kappa shape index (κ3) is 2.61. The molecule has 0 bridgehead atoms. The Hall–Kier alpha value is -0.340. The molecule has 2 N–H and O–H groups in total. The molecule has 1 aliphatic rings. The molecule has 1 unspecified atom stereocenters. The molecule has 2 heteroatoms. The first-order valence-electron chi connectivity index (χ1n) is 6.08. The number of nitrogens with two attached hydrogens (primary N) is 1. The second-order valence-corrected chi connectivity index (χ2v) is 5.69. The Morgan fingerprint density at radius 1 is 1.27 bits per heavy atom. The zero-order valence-electron chi connectivity index (χ0n) is 9.54. The van der Waals surface area contributed by atoms with Crippen LogP contribution in [0.1, 0.15) is 55.0 Å². The average molecular weight is 223 g/mol. The van der Waals surface area contributed by atoms with Crippen LogP contribution in [0.5, 0.6) is 0 Å². The van der Waals surface area contributed by atoms with Crippen molar-refractivity contribution in [3.63, 3.8) is 0 Å². The van der Waals surface area contributed by atoms with E-state index in [0.29, 0.717) is 6.04 Å². The van der Waals surface area contributed by atoms with Crippen LogP contribution in [-0.4, -0.2) is 0 Å². The van der Waals surface area contributed by atoms with Crippen LogP contribution in [0.3, 0.4) is 0 Å². The lowest BCUT2D eigenvalue weighted by Gasteiger charge is -2.22. The van der Waals surface area contributed by atoms with Gasteiger partial charge in [0.1, 0.15) is 0 Å². The van der Waals surface area contributed by atoms with E-state index in [1.807, 2.05) is 11.3 Å². The van der Waals surface area contributed by atoms with Crippen LogP contribution in [0.4, 0.5) is 0 Å². The highest BCUT2D eigenvalue weighted by molar-refractivity contribution is 7.10. The van der Waals surface area contributed by atoms with Gasteiger partial charge in [-0.15, -0.1) is 11.3 Å². The topological polar surface area (TPSA) is 26.0 Å². The van der Waals surface area contributed by atoms with Gasteiger partial charge in [0.15, 0.2) is 0 Å². The van der Waals surface area contributed by atoms with Crippen LogP contribution in [0, 0.1) is 12.8 Å². The minimum atomic E-state index is 0.295. The van der Waals surface area contributed by atoms with Crippen LogP contribution in [0.15, 0.2) is 11.4 Å². The fourth-order valence-corrected chi connectivity index (χ4v) is 3.63. The van der Waals surface area contributed by atoms with Crippen molar-refractivity contribution < 1.29 is 0 Å². The summed E-state index contributed by atoms with van der Waals surface area (Å²) in [5, 5.41) is 2.17. The zero-order valence-corrected chi connectivity index (χ0v) is 10.4. The first-order chi connectivity index (χ1) is 7.29. The standard InChI is InChI=1S/C13H21NS/c1-10-8-9-15-13(10)12(14)11-6-4-2-3-5-7-11/h8-9,11-12H,2-7,14H2,1H3. The van der Waals surface area contributed by atoms with Gasteiger partial charge in [-0.25, -0.2) is 0 Å². The second-order valence-electron chi connectivity index (χ2n) is 4.75. The molecule has 0 amide bonds. The summed E-state index contributed by atoms with van der Waals surface area (Å²) in [6, 6.07) is 2.49. The van der Waals surface area contributed by atoms with E-state index in [4.69, 9.17) is 5.73 Å². The minimum absolute atomic E-state index is 0.295. The monoisotopic (exact) mass is 223 g/mol. The van der Waals surface area contributed by atoms with Gasteiger partial charge >= 0.3 is 0 Å². The van der Waals surface area contributed by atoms with E-state index >= 15 is 0 Å². The summed E-state index contributed by atoms with van der Waals surface area (Å²) >= 11 is 1.83. The van der Waals surface area contributed by atoms with Crippen LogP contribution in [-0.2, 0) is 0 Å². The van der Waals surface area contributed by atoms with Gasteiger partial charge in [0, 0.05) is 10.9 Å². The van der Waals surface area contributed by atoms with Crippen LogP contribution in [0.2, 0.25) is 0 Å². The Kier molecular flexibility index (Phi) is 3.81. The van der Waals surface area contributed by atoms with Crippen LogP contribution < -0.4 is 5.73 Å². The largest absolute Gasteiger partial charge is 0.323 e. The predicted molar refractivity (Wildman–Crippen MR) is 67.2 cm³/mol. The first-order valence-corrected chi connectivity index (χ1v) is 6.96. The SMILES string of the molecule is Cc1ccsc1C(N)C1CCCCCC1. The number of hydrogen-bond acceptors (Lipinski definition) is 2. The van der Waals surface area contributed by atoms with E-state index in [2.05, 4.69) is 18.4 Å². The molecule has 1 aromatic heterocycles. The molecule has 0 aliphatic heterocycles. The van der Waals surface area contributed by atoms with E-state index in [1.165, 1.54) is 49.0 Å². The molecule has 0 aromatic carbocycles. The highest BCUT2D eigenvalue weighted by Gasteiger charge is 2.22. The van der Waals surface area contributed by atoms with E-state index in [1.54, 1.807) is 0 Å². The van der Waals surface area contributed by atoms with Crippen molar-refractivity contribution in [3.8, 4) is 0 Å². The predicted octanol–water partition coefficient (Wildman–Crippen LogP) is 4.03. The third-order valence-electron chi connectivity index (χ3n) is 3.61. The summed E-state index contributed by atoms with van der Waals surface area (Å²) in [6.45, 7) is 2.18. The van der Waals surface area contributed by atoms with Crippen molar-refractivity contribution in [2.75, 3.05) is 0 Å². The van der Waals surface area contributed by atoms with E-state index < -0.39 is 0 Å². The van der Waals surface area contributed by atoms with Gasteiger partial charge in [-0.2, -0.15) is 0 Å². The molecule has 1 aliphatic carbocycles. The lowest BCUT2D eigenvalue weighted by molar-refractivity contribution is 0.385. The minimum Gasteiger partial charge on any atom is -0.323 e. The molecule has 0 radical (unpaired) electrons. The molecule has 1 atom stereocenters. The number of rotatable bonds is 2. The number of aryl methyl sites for hydroxylation is 1. The van der Waals surface area contributed by atoms with Crippen LogP contribution >= 0.6 is 11.3 Å². The van der Waals surface area contributed by atoms with E-state index in [0.717, 1.165) is 5.92 Å². The lowest BCUT2D eigenvalue weighted by Crippen LogP contribution is -2.20. The first kappa shape index (κ1) is 11.2. The fourth-order valence-electron chi connectivity index (χ4n) is 2.61. The van der Waals surface area contributed by atoms with Crippen LogP contribution in [0.25, 0.3) is 0 Å². The molecule has 0 saturated heterocycles. The third-order valence-corrected chi connectivity index (χ3v) is 4.73.